The molecule has 3 saturated carbocycles. The molecule has 10 aliphatic rings. The zero-order valence-corrected chi connectivity index (χ0v) is 42.5. The maximum atomic E-state index is 12.4. The Labute approximate surface area is 420 Å². The molecule has 0 radical (unpaired) electrons. The third kappa shape index (κ3) is 9.09. The highest BCUT2D eigenvalue weighted by atomic mass is 16.8. The van der Waals surface area contributed by atoms with Gasteiger partial charge in [0.2, 0.25) is 0 Å². The van der Waals surface area contributed by atoms with Crippen LogP contribution in [-0.2, 0) is 52.1 Å². The van der Waals surface area contributed by atoms with Gasteiger partial charge in [0, 0.05) is 25.4 Å². The number of methoxy groups -OCH3 is 1. The van der Waals surface area contributed by atoms with E-state index in [1.807, 2.05) is 0 Å². The van der Waals surface area contributed by atoms with Crippen LogP contribution in [0.1, 0.15) is 99.3 Å². The van der Waals surface area contributed by atoms with E-state index >= 15 is 0 Å². The molecule has 0 bridgehead atoms. The van der Waals surface area contributed by atoms with E-state index < -0.39 is 142 Å². The van der Waals surface area contributed by atoms with Crippen LogP contribution in [0.25, 0.3) is 0 Å². The minimum Gasteiger partial charge on any atom is -0.394 e. The smallest absolute Gasteiger partial charge is 0.187 e. The lowest BCUT2D eigenvalue weighted by Gasteiger charge is -2.59. The van der Waals surface area contributed by atoms with Crippen molar-refractivity contribution in [1.82, 2.24) is 0 Å². The standard InChI is InChI=1S/C51H82O21/c1-20-10-15-51(72-44(20)62-7)21(2)32-30(71-51)17-28-26-9-8-24-16-25(11-13-49(24,5)27(26)12-14-50(28,32)6)66-48-43(70-46-39(60)36(57)33(54)22(3)64-46)40(61)41(31(18-52)67-48)68-47-42(37(58)34(55)23(4)65-47)69-45-38(59)35(56)29(53)19-63-45/h8,20-23,25-48,52-61H,9-19H2,1-7H3. The normalized spacial score (nSPS) is 57.8. The Morgan fingerprint density at radius 1 is 0.625 bits per heavy atom. The van der Waals surface area contributed by atoms with Crippen molar-refractivity contribution >= 4 is 0 Å². The molecule has 6 saturated heterocycles. The molecule has 0 aromatic heterocycles. The second-order valence-electron chi connectivity index (χ2n) is 23.7. The predicted molar refractivity (Wildman–Crippen MR) is 245 cm³/mol. The lowest BCUT2D eigenvalue weighted by Crippen LogP contribution is -2.67. The number of fused-ring (bicyclic) bond motifs is 7. The fraction of sp³-hybridized carbons (Fsp3) is 0.961. The van der Waals surface area contributed by atoms with E-state index in [1.165, 1.54) is 19.4 Å². The monoisotopic (exact) mass is 1030 g/mol. The molecule has 21 heteroatoms. The van der Waals surface area contributed by atoms with Crippen molar-refractivity contribution in [2.75, 3.05) is 20.3 Å². The first-order valence-electron chi connectivity index (χ1n) is 26.7. The highest BCUT2D eigenvalue weighted by Gasteiger charge is 2.69. The third-order valence-corrected chi connectivity index (χ3v) is 19.7. The average Bonchev–Trinajstić information content (AvgIpc) is 3.81. The summed E-state index contributed by atoms with van der Waals surface area (Å²) in [6, 6.07) is 0. The van der Waals surface area contributed by atoms with E-state index in [2.05, 4.69) is 33.8 Å². The first-order valence-corrected chi connectivity index (χ1v) is 26.7. The molecule has 0 aromatic carbocycles. The molecule has 10 rings (SSSR count). The number of aliphatic hydroxyl groups excluding tert-OH is 10. The van der Waals surface area contributed by atoms with Crippen LogP contribution in [0, 0.1) is 46.3 Å². The zero-order valence-electron chi connectivity index (χ0n) is 42.5. The third-order valence-electron chi connectivity index (χ3n) is 19.7. The van der Waals surface area contributed by atoms with Gasteiger partial charge in [0.15, 0.2) is 37.2 Å². The van der Waals surface area contributed by atoms with Crippen molar-refractivity contribution in [3.05, 3.63) is 11.6 Å². The minimum atomic E-state index is -1.78. The fourth-order valence-electron chi connectivity index (χ4n) is 15.5. The number of allylic oxidation sites excluding steroid dienone is 1. The number of aliphatic hydroxyl groups is 10. The Kier molecular flexibility index (Phi) is 15.5. The number of rotatable bonds is 10. The van der Waals surface area contributed by atoms with E-state index in [1.54, 1.807) is 7.11 Å². The first kappa shape index (κ1) is 54.3. The largest absolute Gasteiger partial charge is 0.394 e. The van der Waals surface area contributed by atoms with Crippen LogP contribution in [0.5, 0.6) is 0 Å². The summed E-state index contributed by atoms with van der Waals surface area (Å²) in [6.07, 6.45) is -19.3. The van der Waals surface area contributed by atoms with Gasteiger partial charge in [0.05, 0.1) is 37.6 Å². The van der Waals surface area contributed by atoms with E-state index in [0.717, 1.165) is 44.9 Å². The van der Waals surface area contributed by atoms with Gasteiger partial charge < -0.3 is 103 Å². The van der Waals surface area contributed by atoms with Crippen LogP contribution in [0.4, 0.5) is 0 Å². The van der Waals surface area contributed by atoms with Crippen molar-refractivity contribution in [3.63, 3.8) is 0 Å². The van der Waals surface area contributed by atoms with Gasteiger partial charge >= 0.3 is 0 Å². The molecular weight excluding hydrogens is 949 g/mol. The zero-order chi connectivity index (χ0) is 51.5. The summed E-state index contributed by atoms with van der Waals surface area (Å²) in [6.45, 7) is 11.2. The Balaban J connectivity index is 0.862. The molecule has 4 aliphatic carbocycles. The quantitative estimate of drug-likeness (QED) is 0.125. The van der Waals surface area contributed by atoms with Crippen molar-refractivity contribution in [3.8, 4) is 0 Å². The molecule has 72 heavy (non-hydrogen) atoms. The maximum absolute atomic E-state index is 12.4. The summed E-state index contributed by atoms with van der Waals surface area (Å²) < 4.78 is 68.4. The summed E-state index contributed by atoms with van der Waals surface area (Å²) in [5.41, 5.74) is 1.33. The fourth-order valence-corrected chi connectivity index (χ4v) is 15.5. The van der Waals surface area contributed by atoms with E-state index in [-0.39, 0.29) is 29.1 Å². The second kappa shape index (κ2) is 20.6. The molecule has 0 aromatic rings. The van der Waals surface area contributed by atoms with Crippen LogP contribution in [0.3, 0.4) is 0 Å². The lowest BCUT2D eigenvalue weighted by molar-refractivity contribution is -0.397. The van der Waals surface area contributed by atoms with Crippen LogP contribution < -0.4 is 0 Å². The van der Waals surface area contributed by atoms with Crippen molar-refractivity contribution in [2.45, 2.75) is 240 Å². The predicted octanol–water partition coefficient (Wildman–Crippen LogP) is -0.322. The number of hydrogen-bond acceptors (Lipinski definition) is 21. The Morgan fingerprint density at radius 3 is 2.00 bits per heavy atom. The maximum Gasteiger partial charge on any atom is 0.187 e. The summed E-state index contributed by atoms with van der Waals surface area (Å²) in [4.78, 5) is 0. The molecule has 31 atom stereocenters. The van der Waals surface area contributed by atoms with Gasteiger partial charge in [-0.3, -0.25) is 0 Å². The molecule has 1 spiro atoms. The molecule has 31 unspecified atom stereocenters. The first-order chi connectivity index (χ1) is 34.1. The molecule has 6 aliphatic heterocycles. The molecule has 6 heterocycles. The lowest BCUT2D eigenvalue weighted by atomic mass is 9.47. The van der Waals surface area contributed by atoms with Crippen LogP contribution in [0.15, 0.2) is 11.6 Å². The van der Waals surface area contributed by atoms with E-state index in [0.29, 0.717) is 42.4 Å². The summed E-state index contributed by atoms with van der Waals surface area (Å²) in [5, 5.41) is 109. The Morgan fingerprint density at radius 2 is 1.28 bits per heavy atom. The van der Waals surface area contributed by atoms with Gasteiger partial charge in [0.25, 0.3) is 0 Å². The SMILES string of the molecule is COC1OC2(CCC1C)OC1CC3C4CC=C5CC(OC6OC(CO)C(OC7OC(C)C(O)C(O)C7OC7OCC(O)C(O)C7O)C(O)C6OC6OC(C)C(O)C(O)C6O)CCC5(C)C4CCC3(C)C1C2C. The van der Waals surface area contributed by atoms with Crippen molar-refractivity contribution in [1.29, 1.82) is 0 Å². The van der Waals surface area contributed by atoms with Gasteiger partial charge in [-0.05, 0) is 99.7 Å². The molecule has 412 valence electrons. The van der Waals surface area contributed by atoms with Crippen LogP contribution in [-0.4, -0.2) is 212 Å². The minimum absolute atomic E-state index is 0.0864. The van der Waals surface area contributed by atoms with Gasteiger partial charge in [-0.15, -0.1) is 0 Å². The van der Waals surface area contributed by atoms with E-state index in [9.17, 15) is 51.1 Å². The van der Waals surface area contributed by atoms with Crippen molar-refractivity contribution < 1.29 is 103 Å². The van der Waals surface area contributed by atoms with Gasteiger partial charge in [-0.25, -0.2) is 0 Å². The Hall–Kier alpha value is -1.10. The molecule has 10 N–H and O–H groups in total. The number of hydrogen-bond donors (Lipinski definition) is 10. The summed E-state index contributed by atoms with van der Waals surface area (Å²) >= 11 is 0. The average molecular weight is 1030 g/mol. The number of ether oxygens (including phenoxy) is 11. The Bertz CT molecular complexity index is 1920. The second-order valence-corrected chi connectivity index (χ2v) is 23.7. The van der Waals surface area contributed by atoms with Gasteiger partial charge in [-0.2, -0.15) is 0 Å². The van der Waals surface area contributed by atoms with E-state index in [4.69, 9.17) is 52.1 Å². The highest BCUT2D eigenvalue weighted by Crippen LogP contribution is 2.71. The van der Waals surface area contributed by atoms with Crippen LogP contribution in [0.2, 0.25) is 0 Å². The highest BCUT2D eigenvalue weighted by molar-refractivity contribution is 5.26. The van der Waals surface area contributed by atoms with Crippen LogP contribution >= 0.6 is 0 Å². The summed E-state index contributed by atoms with van der Waals surface area (Å²) in [7, 11) is 1.72. The van der Waals surface area contributed by atoms with Crippen molar-refractivity contribution in [2.24, 2.45) is 46.3 Å². The van der Waals surface area contributed by atoms with Gasteiger partial charge in [-0.1, -0.05) is 39.3 Å². The molecule has 9 fully saturated rings. The summed E-state index contributed by atoms with van der Waals surface area (Å²) in [5.74, 6) is 1.79. The molecule has 0 amide bonds. The van der Waals surface area contributed by atoms with Gasteiger partial charge in [0.1, 0.15) is 79.4 Å². The molecular formula is C51H82O21. The topological polar surface area (TPSA) is 304 Å². The molecule has 21 nitrogen and oxygen atoms in total.